The molecule has 6 nitrogen and oxygen atoms in total. The number of rotatable bonds is 4. The fraction of sp³-hybridized carbons (Fsp3) is 0.381. The Morgan fingerprint density at radius 3 is 2.50 bits per heavy atom. The van der Waals surface area contributed by atoms with Crippen LogP contribution < -0.4 is 10.6 Å². The van der Waals surface area contributed by atoms with Crippen molar-refractivity contribution in [3.63, 3.8) is 0 Å². The van der Waals surface area contributed by atoms with Crippen LogP contribution in [0.5, 0.6) is 0 Å². The van der Waals surface area contributed by atoms with E-state index in [4.69, 9.17) is 4.52 Å². The molecular formula is C21H21F3N4O2. The number of fused-ring (bicyclic) bond motifs is 1. The summed E-state index contributed by atoms with van der Waals surface area (Å²) in [5.74, 6) is -0.222. The van der Waals surface area contributed by atoms with Gasteiger partial charge >= 0.3 is 6.18 Å². The number of amides is 1. The lowest BCUT2D eigenvalue weighted by Gasteiger charge is -2.30. The average Bonchev–Trinajstić information content (AvgIpc) is 3.15. The summed E-state index contributed by atoms with van der Waals surface area (Å²) in [5.41, 5.74) is 0.778. The van der Waals surface area contributed by atoms with Gasteiger partial charge in [-0.1, -0.05) is 23.4 Å². The number of carbonyl (C=O) groups is 1. The van der Waals surface area contributed by atoms with Crippen molar-refractivity contribution in [1.29, 1.82) is 0 Å². The summed E-state index contributed by atoms with van der Waals surface area (Å²) in [6.07, 6.45) is -0.282. The van der Waals surface area contributed by atoms with Crippen LogP contribution >= 0.6 is 0 Å². The molecule has 0 aliphatic heterocycles. The normalized spacial score (nSPS) is 19.6. The molecule has 0 unspecified atom stereocenters. The molecule has 158 valence electrons. The van der Waals surface area contributed by atoms with E-state index in [9.17, 15) is 18.0 Å². The third-order valence-corrected chi connectivity index (χ3v) is 5.42. The first kappa shape index (κ1) is 20.2. The Morgan fingerprint density at radius 2 is 1.83 bits per heavy atom. The van der Waals surface area contributed by atoms with Crippen LogP contribution in [-0.4, -0.2) is 28.1 Å². The second kappa shape index (κ2) is 7.97. The van der Waals surface area contributed by atoms with Gasteiger partial charge < -0.3 is 15.2 Å². The molecule has 2 N–H and O–H groups in total. The quantitative estimate of drug-likeness (QED) is 0.642. The third-order valence-electron chi connectivity index (χ3n) is 5.42. The summed E-state index contributed by atoms with van der Waals surface area (Å²) >= 11 is 0. The van der Waals surface area contributed by atoms with E-state index >= 15 is 0 Å². The highest BCUT2D eigenvalue weighted by molar-refractivity contribution is 5.95. The van der Waals surface area contributed by atoms with Crippen molar-refractivity contribution in [2.45, 2.75) is 50.9 Å². The molecule has 0 saturated heterocycles. The van der Waals surface area contributed by atoms with E-state index < -0.39 is 11.9 Å². The van der Waals surface area contributed by atoms with Crippen LogP contribution in [0.25, 0.3) is 10.9 Å². The van der Waals surface area contributed by atoms with E-state index in [-0.39, 0.29) is 18.0 Å². The monoisotopic (exact) mass is 418 g/mol. The molecule has 0 radical (unpaired) electrons. The zero-order chi connectivity index (χ0) is 21.3. The summed E-state index contributed by atoms with van der Waals surface area (Å²) < 4.78 is 44.6. The van der Waals surface area contributed by atoms with Gasteiger partial charge in [0.05, 0.1) is 11.2 Å². The van der Waals surface area contributed by atoms with Gasteiger partial charge in [0.25, 0.3) is 5.91 Å². The number of aromatic nitrogens is 2. The molecule has 1 aliphatic carbocycles. The van der Waals surface area contributed by atoms with Gasteiger partial charge in [0.2, 0.25) is 0 Å². The maximum atomic E-state index is 13.3. The summed E-state index contributed by atoms with van der Waals surface area (Å²) in [5, 5.41) is 10.6. The number of nitrogens with one attached hydrogen (secondary N) is 2. The second-order valence-electron chi connectivity index (χ2n) is 7.55. The van der Waals surface area contributed by atoms with Crippen LogP contribution in [-0.2, 0) is 6.18 Å². The molecule has 1 amide bonds. The minimum Gasteiger partial charge on any atom is -0.382 e. The molecule has 0 bridgehead atoms. The first-order valence-electron chi connectivity index (χ1n) is 9.76. The van der Waals surface area contributed by atoms with Gasteiger partial charge in [-0.05, 0) is 44.7 Å². The number of alkyl halides is 3. The topological polar surface area (TPSA) is 80.0 Å². The Labute approximate surface area is 170 Å². The zero-order valence-corrected chi connectivity index (χ0v) is 16.3. The second-order valence-corrected chi connectivity index (χ2v) is 7.55. The number of hydrogen-bond acceptors (Lipinski definition) is 5. The minimum absolute atomic E-state index is 0.00442. The lowest BCUT2D eigenvalue weighted by molar-refractivity contribution is -0.140. The van der Waals surface area contributed by atoms with Crippen molar-refractivity contribution in [3.05, 3.63) is 53.5 Å². The number of anilines is 1. The highest BCUT2D eigenvalue weighted by Gasteiger charge is 2.34. The van der Waals surface area contributed by atoms with E-state index in [1.165, 1.54) is 6.26 Å². The fourth-order valence-corrected chi connectivity index (χ4v) is 3.82. The standard InChI is InChI=1S/C21H21F3N4O2/c1-12-16(11-30-28-12)20(29)26-14-8-6-13(7-9-14)25-18-10-19(21(22,23)24)27-17-5-3-2-4-15(17)18/h2-5,10-11,13-14H,6-9H2,1H3,(H,25,27)(H,26,29)/t13-,14+. The Bertz CT molecular complexity index is 1060. The van der Waals surface area contributed by atoms with E-state index in [0.717, 1.165) is 31.7 Å². The number of para-hydroxylation sites is 1. The predicted octanol–water partition coefficient (Wildman–Crippen LogP) is 4.70. The van der Waals surface area contributed by atoms with Crippen LogP contribution in [0.15, 0.2) is 41.1 Å². The van der Waals surface area contributed by atoms with Crippen LogP contribution in [0.4, 0.5) is 18.9 Å². The highest BCUT2D eigenvalue weighted by atomic mass is 19.4. The number of hydrogen-bond donors (Lipinski definition) is 2. The summed E-state index contributed by atoms with van der Waals surface area (Å²) in [6, 6.07) is 7.89. The fourth-order valence-electron chi connectivity index (χ4n) is 3.82. The number of benzene rings is 1. The van der Waals surface area contributed by atoms with Crippen LogP contribution in [0, 0.1) is 6.92 Å². The van der Waals surface area contributed by atoms with Crippen molar-refractivity contribution in [1.82, 2.24) is 15.5 Å². The smallest absolute Gasteiger partial charge is 0.382 e. The van der Waals surface area contributed by atoms with Crippen molar-refractivity contribution in [2.75, 3.05) is 5.32 Å². The Balaban J connectivity index is 1.43. The van der Waals surface area contributed by atoms with Crippen molar-refractivity contribution < 1.29 is 22.5 Å². The van der Waals surface area contributed by atoms with Crippen molar-refractivity contribution in [2.24, 2.45) is 0 Å². The molecule has 0 spiro atoms. The van der Waals surface area contributed by atoms with Gasteiger partial charge in [-0.2, -0.15) is 13.2 Å². The number of pyridine rings is 1. The van der Waals surface area contributed by atoms with Gasteiger partial charge in [0, 0.05) is 23.2 Å². The predicted molar refractivity (Wildman–Crippen MR) is 105 cm³/mol. The Kier molecular flexibility index (Phi) is 5.36. The maximum absolute atomic E-state index is 13.3. The first-order valence-corrected chi connectivity index (χ1v) is 9.76. The van der Waals surface area contributed by atoms with E-state index in [2.05, 4.69) is 20.8 Å². The summed E-state index contributed by atoms with van der Waals surface area (Å²) in [6.45, 7) is 1.70. The molecule has 1 saturated carbocycles. The summed E-state index contributed by atoms with van der Waals surface area (Å²) in [4.78, 5) is 16.1. The van der Waals surface area contributed by atoms with Crippen molar-refractivity contribution >= 4 is 22.5 Å². The largest absolute Gasteiger partial charge is 0.433 e. The third kappa shape index (κ3) is 4.24. The molecule has 0 atom stereocenters. The van der Waals surface area contributed by atoms with Gasteiger partial charge in [0.1, 0.15) is 17.5 Å². The molecule has 1 fully saturated rings. The molecule has 2 aromatic heterocycles. The maximum Gasteiger partial charge on any atom is 0.433 e. The molecule has 30 heavy (non-hydrogen) atoms. The number of halogens is 3. The van der Waals surface area contributed by atoms with Gasteiger partial charge in [-0.25, -0.2) is 4.98 Å². The Morgan fingerprint density at radius 1 is 1.13 bits per heavy atom. The molecule has 9 heteroatoms. The van der Waals surface area contributed by atoms with E-state index in [1.807, 2.05) is 0 Å². The van der Waals surface area contributed by atoms with Crippen molar-refractivity contribution in [3.8, 4) is 0 Å². The van der Waals surface area contributed by atoms with E-state index in [0.29, 0.717) is 27.8 Å². The highest BCUT2D eigenvalue weighted by Crippen LogP contribution is 2.34. The lowest BCUT2D eigenvalue weighted by Crippen LogP contribution is -2.40. The molecule has 3 aromatic rings. The van der Waals surface area contributed by atoms with Gasteiger partial charge in [0.15, 0.2) is 0 Å². The summed E-state index contributed by atoms with van der Waals surface area (Å²) in [7, 11) is 0. The SMILES string of the molecule is Cc1nocc1C(=O)N[C@H]1CC[C@@H](Nc2cc(C(F)(F)F)nc3ccccc23)CC1. The van der Waals surface area contributed by atoms with Gasteiger partial charge in [-0.3, -0.25) is 4.79 Å². The molecule has 1 aromatic carbocycles. The number of aryl methyl sites for hydroxylation is 1. The molecule has 2 heterocycles. The minimum atomic E-state index is -4.51. The van der Waals surface area contributed by atoms with Crippen LogP contribution in [0.1, 0.15) is 47.4 Å². The van der Waals surface area contributed by atoms with E-state index in [1.54, 1.807) is 31.2 Å². The first-order chi connectivity index (χ1) is 14.3. The molecule has 1 aliphatic rings. The van der Waals surface area contributed by atoms with Gasteiger partial charge in [-0.15, -0.1) is 0 Å². The zero-order valence-electron chi connectivity index (χ0n) is 16.3. The Hall–Kier alpha value is -3.10. The average molecular weight is 418 g/mol. The lowest BCUT2D eigenvalue weighted by atomic mass is 9.90. The number of nitrogens with zero attached hydrogens (tertiary/aromatic N) is 2. The van der Waals surface area contributed by atoms with Crippen LogP contribution in [0.3, 0.4) is 0 Å². The van der Waals surface area contributed by atoms with Crippen LogP contribution in [0.2, 0.25) is 0 Å². The molecular weight excluding hydrogens is 397 g/mol. The molecule has 4 rings (SSSR count). The number of carbonyl (C=O) groups excluding carboxylic acids is 1.